The minimum atomic E-state index is 0.119. The van der Waals surface area contributed by atoms with Crippen molar-refractivity contribution in [2.24, 2.45) is 39.5 Å². The van der Waals surface area contributed by atoms with Gasteiger partial charge in [0.05, 0.1) is 0 Å². The topological polar surface area (TPSA) is 58.5 Å². The zero-order valence-corrected chi connectivity index (χ0v) is 16.8. The third-order valence-electron chi connectivity index (χ3n) is 8.44. The number of ketones is 1. The van der Waals surface area contributed by atoms with E-state index in [2.05, 4.69) is 19.2 Å². The van der Waals surface area contributed by atoms with Crippen molar-refractivity contribution >= 4 is 17.4 Å². The highest BCUT2D eigenvalue weighted by Gasteiger charge is 2.60. The first-order valence-electron chi connectivity index (χ1n) is 10.6. The Hall–Kier alpha value is -1.19. The summed E-state index contributed by atoms with van der Waals surface area (Å²) in [6.45, 7) is 9.72. The van der Waals surface area contributed by atoms with Gasteiger partial charge in [0.2, 0.25) is 5.91 Å². The van der Waals surface area contributed by atoms with Crippen LogP contribution in [-0.2, 0) is 9.59 Å². The highest BCUT2D eigenvalue weighted by atomic mass is 16.2. The smallest absolute Gasteiger partial charge is 0.223 e. The van der Waals surface area contributed by atoms with Crippen molar-refractivity contribution in [2.45, 2.75) is 78.7 Å². The Kier molecular flexibility index (Phi) is 4.32. The summed E-state index contributed by atoms with van der Waals surface area (Å²) in [5.74, 6) is 2.62. The average Bonchev–Trinajstić information content (AvgIpc) is 2.92. The highest BCUT2D eigenvalue weighted by Crippen LogP contribution is 2.63. The summed E-state index contributed by atoms with van der Waals surface area (Å²) in [4.78, 5) is 29.7. The third-order valence-corrected chi connectivity index (χ3v) is 8.44. The van der Waals surface area contributed by atoms with Crippen LogP contribution in [0, 0.1) is 34.5 Å². The second kappa shape index (κ2) is 6.17. The van der Waals surface area contributed by atoms with Gasteiger partial charge in [-0.15, -0.1) is 0 Å². The molecule has 0 saturated heterocycles. The first-order valence-corrected chi connectivity index (χ1v) is 10.6. The van der Waals surface area contributed by atoms with Crippen LogP contribution in [0.2, 0.25) is 0 Å². The second-order valence-corrected chi connectivity index (χ2v) is 10.1. The van der Waals surface area contributed by atoms with Crippen LogP contribution in [0.4, 0.5) is 0 Å². The van der Waals surface area contributed by atoms with E-state index in [1.807, 2.05) is 13.8 Å². The quantitative estimate of drug-likeness (QED) is 0.816. The molecule has 1 amide bonds. The largest absolute Gasteiger partial charge is 0.354 e. The lowest BCUT2D eigenvalue weighted by molar-refractivity contribution is -0.132. The molecule has 26 heavy (non-hydrogen) atoms. The summed E-state index contributed by atoms with van der Waals surface area (Å²) in [6, 6.07) is 0.210. The van der Waals surface area contributed by atoms with E-state index in [0.717, 1.165) is 38.6 Å². The summed E-state index contributed by atoms with van der Waals surface area (Å²) < 4.78 is 0. The molecule has 3 fully saturated rings. The van der Waals surface area contributed by atoms with Gasteiger partial charge in [0, 0.05) is 42.5 Å². The van der Waals surface area contributed by atoms with Gasteiger partial charge in [-0.2, -0.15) is 0 Å². The van der Waals surface area contributed by atoms with Gasteiger partial charge in [0.25, 0.3) is 0 Å². The molecule has 0 spiro atoms. The van der Waals surface area contributed by atoms with Crippen molar-refractivity contribution in [3.8, 4) is 0 Å². The van der Waals surface area contributed by atoms with E-state index in [0.29, 0.717) is 30.0 Å². The molecule has 0 aromatic heterocycles. The number of carbonyl (C=O) groups excluding carboxylic acids is 2. The molecule has 0 radical (unpaired) electrons. The first-order chi connectivity index (χ1) is 12.3. The lowest BCUT2D eigenvalue weighted by Gasteiger charge is -2.56. The van der Waals surface area contributed by atoms with E-state index in [4.69, 9.17) is 4.99 Å². The van der Waals surface area contributed by atoms with Crippen molar-refractivity contribution in [3.05, 3.63) is 0 Å². The molecule has 6 atom stereocenters. The molecule has 0 bridgehead atoms. The fraction of sp³-hybridized carbons (Fsp3) is 0.864. The maximum atomic E-state index is 12.8. The van der Waals surface area contributed by atoms with Crippen LogP contribution in [0.3, 0.4) is 0 Å². The molecule has 3 aliphatic carbocycles. The van der Waals surface area contributed by atoms with Gasteiger partial charge in [-0.05, 0) is 69.1 Å². The third kappa shape index (κ3) is 2.58. The normalized spacial score (nSPS) is 44.8. The van der Waals surface area contributed by atoms with Crippen LogP contribution in [0.15, 0.2) is 4.99 Å². The van der Waals surface area contributed by atoms with E-state index >= 15 is 0 Å². The minimum absolute atomic E-state index is 0.119. The van der Waals surface area contributed by atoms with Crippen molar-refractivity contribution in [1.82, 2.24) is 5.32 Å². The van der Waals surface area contributed by atoms with Gasteiger partial charge in [-0.25, -0.2) is 0 Å². The molecule has 144 valence electrons. The fourth-order valence-electron chi connectivity index (χ4n) is 7.02. The molecule has 3 saturated carbocycles. The summed E-state index contributed by atoms with van der Waals surface area (Å²) in [5.41, 5.74) is 1.43. The van der Waals surface area contributed by atoms with Gasteiger partial charge >= 0.3 is 0 Å². The van der Waals surface area contributed by atoms with E-state index in [-0.39, 0.29) is 28.7 Å². The lowest BCUT2D eigenvalue weighted by atomic mass is 9.49. The SMILES string of the molecule is CC(C)NC(=O)[C@H]1CCC2C3CN=C4CC(=O)CC[C@]4(C)C3CC[C@@]21C. The molecular weight excluding hydrogens is 324 g/mol. The summed E-state index contributed by atoms with van der Waals surface area (Å²) in [7, 11) is 0. The zero-order chi connectivity index (χ0) is 18.7. The number of rotatable bonds is 2. The molecular formula is C22H34N2O2. The maximum Gasteiger partial charge on any atom is 0.223 e. The molecule has 4 heteroatoms. The zero-order valence-electron chi connectivity index (χ0n) is 16.8. The molecule has 1 aliphatic heterocycles. The Balaban J connectivity index is 1.60. The van der Waals surface area contributed by atoms with Gasteiger partial charge in [-0.3, -0.25) is 14.6 Å². The Morgan fingerprint density at radius 2 is 1.92 bits per heavy atom. The standard InChI is InChI=1S/C22H34N2O2/c1-13(2)24-20(26)18-6-5-16-15-12-23-19-11-14(25)7-9-22(19,4)17(15)8-10-21(16,18)3/h13,15-18H,5-12H2,1-4H3,(H,24,26)/t15?,16?,17?,18-,21+,22-/m1/s1. The maximum absolute atomic E-state index is 12.8. The molecule has 0 aromatic rings. The summed E-state index contributed by atoms with van der Waals surface area (Å²) >= 11 is 0. The van der Waals surface area contributed by atoms with Crippen LogP contribution in [0.5, 0.6) is 0 Å². The van der Waals surface area contributed by atoms with Crippen molar-refractivity contribution in [3.63, 3.8) is 0 Å². The van der Waals surface area contributed by atoms with Gasteiger partial charge < -0.3 is 5.32 Å². The Labute approximate surface area is 157 Å². The van der Waals surface area contributed by atoms with E-state index in [1.54, 1.807) is 0 Å². The number of hydrogen-bond donors (Lipinski definition) is 1. The lowest BCUT2D eigenvalue weighted by Crippen LogP contribution is -2.55. The van der Waals surface area contributed by atoms with Gasteiger partial charge in [0.15, 0.2) is 0 Å². The monoisotopic (exact) mass is 358 g/mol. The number of hydrogen-bond acceptors (Lipinski definition) is 3. The van der Waals surface area contributed by atoms with Crippen molar-refractivity contribution in [1.29, 1.82) is 0 Å². The molecule has 4 rings (SSSR count). The molecule has 4 aliphatic rings. The molecule has 1 N–H and O–H groups in total. The Bertz CT molecular complexity index is 655. The summed E-state index contributed by atoms with van der Waals surface area (Å²) in [5, 5.41) is 3.17. The number of nitrogens with zero attached hydrogens (tertiary/aromatic N) is 1. The number of Topliss-reactive ketones (excluding diaryl/α,β-unsaturated/α-hetero) is 1. The predicted molar refractivity (Wildman–Crippen MR) is 103 cm³/mol. The van der Waals surface area contributed by atoms with Crippen LogP contribution < -0.4 is 5.32 Å². The van der Waals surface area contributed by atoms with Crippen LogP contribution in [0.25, 0.3) is 0 Å². The molecule has 1 heterocycles. The predicted octanol–water partition coefficient (Wildman–Crippen LogP) is 3.78. The average molecular weight is 359 g/mol. The van der Waals surface area contributed by atoms with Gasteiger partial charge in [-0.1, -0.05) is 13.8 Å². The first kappa shape index (κ1) is 18.2. The highest BCUT2D eigenvalue weighted by molar-refractivity contribution is 6.07. The second-order valence-electron chi connectivity index (χ2n) is 10.1. The van der Waals surface area contributed by atoms with Crippen LogP contribution >= 0.6 is 0 Å². The Morgan fingerprint density at radius 3 is 2.65 bits per heavy atom. The number of fused-ring (bicyclic) bond motifs is 5. The molecule has 0 aromatic carbocycles. The van der Waals surface area contributed by atoms with Crippen LogP contribution in [0.1, 0.15) is 72.6 Å². The van der Waals surface area contributed by atoms with E-state index in [1.165, 1.54) is 12.1 Å². The number of nitrogens with one attached hydrogen (secondary N) is 1. The molecule has 4 nitrogen and oxygen atoms in total. The van der Waals surface area contributed by atoms with E-state index < -0.39 is 0 Å². The minimum Gasteiger partial charge on any atom is -0.354 e. The number of aliphatic imine (C=N–C) groups is 1. The Morgan fingerprint density at radius 1 is 1.15 bits per heavy atom. The van der Waals surface area contributed by atoms with Crippen molar-refractivity contribution < 1.29 is 9.59 Å². The fourth-order valence-corrected chi connectivity index (χ4v) is 7.02. The summed E-state index contributed by atoms with van der Waals surface area (Å²) in [6.07, 6.45) is 6.80. The van der Waals surface area contributed by atoms with Gasteiger partial charge in [0.1, 0.15) is 5.78 Å². The van der Waals surface area contributed by atoms with E-state index in [9.17, 15) is 9.59 Å². The number of amides is 1. The number of carbonyl (C=O) groups is 2. The van der Waals surface area contributed by atoms with Crippen LogP contribution in [-0.4, -0.2) is 30.0 Å². The molecule has 3 unspecified atom stereocenters. The van der Waals surface area contributed by atoms with Crippen molar-refractivity contribution in [2.75, 3.05) is 6.54 Å².